The Kier molecular flexibility index (Phi) is 4.15. The van der Waals surface area contributed by atoms with Crippen molar-refractivity contribution in [3.8, 4) is 0 Å². The number of pyridine rings is 1. The molecule has 0 bridgehead atoms. The van der Waals surface area contributed by atoms with Gasteiger partial charge in [0.05, 0.1) is 16.6 Å². The third-order valence-electron chi connectivity index (χ3n) is 3.93. The largest absolute Gasteiger partial charge is 0.351 e. The van der Waals surface area contributed by atoms with Gasteiger partial charge in [0.15, 0.2) is 0 Å². The molecule has 2 aromatic rings. The van der Waals surface area contributed by atoms with Crippen LogP contribution in [-0.2, 0) is 0 Å². The standard InChI is InChI=1S/C15H20N4O2/c1-11-13-9-12(10-17-15(13)21-18-11)14(20)16-5-8-19-6-3-2-4-7-19/h9-10H,2-8H2,1H3,(H,16,20). The molecular formula is C15H20N4O2. The van der Waals surface area contributed by atoms with Crippen molar-refractivity contribution in [2.24, 2.45) is 0 Å². The molecule has 0 aliphatic carbocycles. The number of aryl methyl sites for hydroxylation is 1. The van der Waals surface area contributed by atoms with Gasteiger partial charge in [-0.2, -0.15) is 0 Å². The predicted molar refractivity (Wildman–Crippen MR) is 79.2 cm³/mol. The number of hydrogen-bond donors (Lipinski definition) is 1. The molecule has 6 nitrogen and oxygen atoms in total. The van der Waals surface area contributed by atoms with Crippen LogP contribution in [0.3, 0.4) is 0 Å². The van der Waals surface area contributed by atoms with Crippen LogP contribution in [0.4, 0.5) is 0 Å². The van der Waals surface area contributed by atoms with E-state index in [0.717, 1.165) is 30.7 Å². The summed E-state index contributed by atoms with van der Waals surface area (Å²) in [5, 5.41) is 7.59. The number of rotatable bonds is 4. The van der Waals surface area contributed by atoms with Crippen molar-refractivity contribution in [1.29, 1.82) is 0 Å². The highest BCUT2D eigenvalue weighted by molar-refractivity contribution is 5.96. The van der Waals surface area contributed by atoms with Crippen molar-refractivity contribution < 1.29 is 9.32 Å². The molecule has 2 aromatic heterocycles. The van der Waals surface area contributed by atoms with Crippen LogP contribution < -0.4 is 5.32 Å². The first kappa shape index (κ1) is 14.0. The summed E-state index contributed by atoms with van der Waals surface area (Å²) in [6.45, 7) is 5.70. The van der Waals surface area contributed by atoms with E-state index < -0.39 is 0 Å². The van der Waals surface area contributed by atoms with Crippen molar-refractivity contribution in [2.45, 2.75) is 26.2 Å². The van der Waals surface area contributed by atoms with Crippen molar-refractivity contribution in [3.05, 3.63) is 23.5 Å². The number of fused-ring (bicyclic) bond motifs is 1. The van der Waals surface area contributed by atoms with Crippen LogP contribution in [0.1, 0.15) is 35.3 Å². The Morgan fingerprint density at radius 1 is 1.38 bits per heavy atom. The summed E-state index contributed by atoms with van der Waals surface area (Å²) in [5.41, 5.74) is 1.77. The molecule has 21 heavy (non-hydrogen) atoms. The number of carbonyl (C=O) groups excluding carboxylic acids is 1. The first-order chi connectivity index (χ1) is 10.2. The number of aromatic nitrogens is 2. The molecule has 1 aliphatic rings. The Bertz CT molecular complexity index is 632. The van der Waals surface area contributed by atoms with Gasteiger partial charge in [-0.3, -0.25) is 4.79 Å². The van der Waals surface area contributed by atoms with E-state index in [1.54, 1.807) is 6.07 Å². The summed E-state index contributed by atoms with van der Waals surface area (Å²) in [7, 11) is 0. The number of carbonyl (C=O) groups is 1. The van der Waals surface area contributed by atoms with Crippen LogP contribution in [0.25, 0.3) is 11.1 Å². The molecular weight excluding hydrogens is 268 g/mol. The molecule has 0 unspecified atom stereocenters. The van der Waals surface area contributed by atoms with Gasteiger partial charge in [-0.25, -0.2) is 4.98 Å². The van der Waals surface area contributed by atoms with Crippen LogP contribution in [0.2, 0.25) is 0 Å². The van der Waals surface area contributed by atoms with E-state index in [2.05, 4.69) is 20.4 Å². The lowest BCUT2D eigenvalue weighted by molar-refractivity contribution is 0.0946. The summed E-state index contributed by atoms with van der Waals surface area (Å²) >= 11 is 0. The lowest BCUT2D eigenvalue weighted by atomic mass is 10.1. The molecule has 1 N–H and O–H groups in total. The number of piperidine rings is 1. The van der Waals surface area contributed by atoms with E-state index in [0.29, 0.717) is 17.8 Å². The molecule has 1 fully saturated rings. The van der Waals surface area contributed by atoms with Gasteiger partial charge in [0.2, 0.25) is 0 Å². The van der Waals surface area contributed by atoms with E-state index in [4.69, 9.17) is 4.52 Å². The second-order valence-electron chi connectivity index (χ2n) is 5.50. The van der Waals surface area contributed by atoms with Gasteiger partial charge in [-0.15, -0.1) is 0 Å². The molecule has 0 saturated carbocycles. The quantitative estimate of drug-likeness (QED) is 0.928. The highest BCUT2D eigenvalue weighted by Crippen LogP contribution is 2.16. The third kappa shape index (κ3) is 3.21. The molecule has 0 spiro atoms. The molecule has 1 aliphatic heterocycles. The average Bonchev–Trinajstić information content (AvgIpc) is 2.89. The van der Waals surface area contributed by atoms with Gasteiger partial charge >= 0.3 is 0 Å². The Morgan fingerprint density at radius 3 is 3.00 bits per heavy atom. The molecule has 3 heterocycles. The van der Waals surface area contributed by atoms with Gasteiger partial charge in [0, 0.05) is 19.3 Å². The average molecular weight is 288 g/mol. The van der Waals surface area contributed by atoms with Crippen molar-refractivity contribution in [1.82, 2.24) is 20.4 Å². The third-order valence-corrected chi connectivity index (χ3v) is 3.93. The predicted octanol–water partition coefficient (Wildman–Crippen LogP) is 1.75. The normalized spacial score (nSPS) is 16.2. The highest BCUT2D eigenvalue weighted by Gasteiger charge is 2.13. The molecule has 1 saturated heterocycles. The number of likely N-dealkylation sites (tertiary alicyclic amines) is 1. The van der Waals surface area contributed by atoms with Gasteiger partial charge in [0.25, 0.3) is 11.6 Å². The number of nitrogens with one attached hydrogen (secondary N) is 1. The Balaban J connectivity index is 1.57. The summed E-state index contributed by atoms with van der Waals surface area (Å²) in [6.07, 6.45) is 5.39. The fourth-order valence-corrected chi connectivity index (χ4v) is 2.68. The first-order valence-electron chi connectivity index (χ1n) is 7.46. The van der Waals surface area contributed by atoms with Gasteiger partial charge in [-0.05, 0) is 38.9 Å². The molecule has 0 atom stereocenters. The number of hydrogen-bond acceptors (Lipinski definition) is 5. The van der Waals surface area contributed by atoms with Gasteiger partial charge < -0.3 is 14.7 Å². The minimum Gasteiger partial charge on any atom is -0.351 e. The lowest BCUT2D eigenvalue weighted by Crippen LogP contribution is -2.37. The number of nitrogens with zero attached hydrogens (tertiary/aromatic N) is 3. The molecule has 6 heteroatoms. The second kappa shape index (κ2) is 6.22. The highest BCUT2D eigenvalue weighted by atomic mass is 16.5. The van der Waals surface area contributed by atoms with Crippen molar-refractivity contribution in [2.75, 3.05) is 26.2 Å². The van der Waals surface area contributed by atoms with Crippen LogP contribution in [-0.4, -0.2) is 47.1 Å². The molecule has 3 rings (SSSR count). The second-order valence-corrected chi connectivity index (χ2v) is 5.50. The Hall–Kier alpha value is -1.95. The maximum absolute atomic E-state index is 12.1. The molecule has 0 radical (unpaired) electrons. The summed E-state index contributed by atoms with van der Waals surface area (Å²) < 4.78 is 5.04. The molecule has 112 valence electrons. The maximum Gasteiger partial charge on any atom is 0.257 e. The zero-order chi connectivity index (χ0) is 14.7. The van der Waals surface area contributed by atoms with Crippen molar-refractivity contribution >= 4 is 17.0 Å². The van der Waals surface area contributed by atoms with Crippen LogP contribution in [0.5, 0.6) is 0 Å². The first-order valence-corrected chi connectivity index (χ1v) is 7.46. The molecule has 1 amide bonds. The van der Waals surface area contributed by atoms with Crippen LogP contribution in [0, 0.1) is 6.92 Å². The van der Waals surface area contributed by atoms with E-state index in [1.165, 1.54) is 25.5 Å². The van der Waals surface area contributed by atoms with Gasteiger partial charge in [0.1, 0.15) is 0 Å². The fraction of sp³-hybridized carbons (Fsp3) is 0.533. The minimum absolute atomic E-state index is 0.0954. The van der Waals surface area contributed by atoms with Crippen LogP contribution >= 0.6 is 0 Å². The summed E-state index contributed by atoms with van der Waals surface area (Å²) in [4.78, 5) is 18.7. The lowest BCUT2D eigenvalue weighted by Gasteiger charge is -2.26. The fourth-order valence-electron chi connectivity index (χ4n) is 2.68. The van der Waals surface area contributed by atoms with E-state index in [-0.39, 0.29) is 5.91 Å². The van der Waals surface area contributed by atoms with Gasteiger partial charge in [-0.1, -0.05) is 11.6 Å². The SMILES string of the molecule is Cc1noc2ncc(C(=O)NCCN3CCCCC3)cc12. The van der Waals surface area contributed by atoms with Crippen LogP contribution in [0.15, 0.2) is 16.8 Å². The van der Waals surface area contributed by atoms with E-state index >= 15 is 0 Å². The van der Waals surface area contributed by atoms with E-state index in [9.17, 15) is 4.79 Å². The summed E-state index contributed by atoms with van der Waals surface area (Å²) in [6, 6.07) is 1.78. The molecule has 0 aromatic carbocycles. The number of amides is 1. The monoisotopic (exact) mass is 288 g/mol. The zero-order valence-corrected chi connectivity index (χ0v) is 12.3. The maximum atomic E-state index is 12.1. The smallest absolute Gasteiger partial charge is 0.257 e. The topological polar surface area (TPSA) is 71.3 Å². The van der Waals surface area contributed by atoms with Crippen molar-refractivity contribution in [3.63, 3.8) is 0 Å². The van der Waals surface area contributed by atoms with E-state index in [1.807, 2.05) is 6.92 Å². The zero-order valence-electron chi connectivity index (χ0n) is 12.3. The summed E-state index contributed by atoms with van der Waals surface area (Å²) in [5.74, 6) is -0.0954. The Labute approximate surface area is 123 Å². The minimum atomic E-state index is -0.0954. The Morgan fingerprint density at radius 2 is 2.19 bits per heavy atom.